The van der Waals surface area contributed by atoms with E-state index in [9.17, 15) is 9.59 Å². The molecule has 0 spiro atoms. The average molecular weight is 427 g/mol. The van der Waals surface area contributed by atoms with E-state index in [4.69, 9.17) is 9.47 Å². The Hall–Kier alpha value is -2.86. The minimum Gasteiger partial charge on any atom is -0.469 e. The fourth-order valence-corrected chi connectivity index (χ4v) is 3.59. The van der Waals surface area contributed by atoms with Gasteiger partial charge in [-0.3, -0.25) is 4.79 Å². The number of carbonyl (C=O) groups is 2. The SMILES string of the molecule is CCOC(C)(C)c1ccc(C(CC)CC(=O)OC)cc1NC(=O)Nc1ccc(C)cc1. The first-order chi connectivity index (χ1) is 14.7. The van der Waals surface area contributed by atoms with Crippen LogP contribution in [0.5, 0.6) is 0 Å². The van der Waals surface area contributed by atoms with E-state index in [0.29, 0.717) is 18.0 Å². The lowest BCUT2D eigenvalue weighted by atomic mass is 9.88. The van der Waals surface area contributed by atoms with Crippen molar-refractivity contribution in [2.24, 2.45) is 0 Å². The summed E-state index contributed by atoms with van der Waals surface area (Å²) >= 11 is 0. The second kappa shape index (κ2) is 11.0. The van der Waals surface area contributed by atoms with Crippen LogP contribution in [-0.4, -0.2) is 25.7 Å². The number of benzene rings is 2. The van der Waals surface area contributed by atoms with Crippen LogP contribution in [0.4, 0.5) is 16.2 Å². The monoisotopic (exact) mass is 426 g/mol. The molecule has 6 nitrogen and oxygen atoms in total. The van der Waals surface area contributed by atoms with Crippen molar-refractivity contribution in [3.05, 3.63) is 59.2 Å². The van der Waals surface area contributed by atoms with Crippen molar-refractivity contribution < 1.29 is 19.1 Å². The summed E-state index contributed by atoms with van der Waals surface area (Å²) in [6.45, 7) is 10.5. The van der Waals surface area contributed by atoms with E-state index in [2.05, 4.69) is 10.6 Å². The third kappa shape index (κ3) is 6.82. The number of esters is 1. The second-order valence-electron chi connectivity index (χ2n) is 8.08. The van der Waals surface area contributed by atoms with E-state index >= 15 is 0 Å². The van der Waals surface area contributed by atoms with Gasteiger partial charge in [-0.25, -0.2) is 4.79 Å². The summed E-state index contributed by atoms with van der Waals surface area (Å²) in [5.74, 6) is -0.255. The number of urea groups is 1. The Morgan fingerprint density at radius 3 is 2.29 bits per heavy atom. The lowest BCUT2D eigenvalue weighted by Gasteiger charge is -2.29. The summed E-state index contributed by atoms with van der Waals surface area (Å²) in [5.41, 5.74) is 3.73. The van der Waals surface area contributed by atoms with Gasteiger partial charge < -0.3 is 20.1 Å². The summed E-state index contributed by atoms with van der Waals surface area (Å²) in [5, 5.41) is 5.85. The van der Waals surface area contributed by atoms with E-state index in [1.54, 1.807) is 0 Å². The maximum atomic E-state index is 12.7. The molecular formula is C25H34N2O4. The molecule has 1 unspecified atom stereocenters. The molecule has 0 aliphatic carbocycles. The van der Waals surface area contributed by atoms with Crippen molar-refractivity contribution in [3.8, 4) is 0 Å². The van der Waals surface area contributed by atoms with Gasteiger partial charge in [-0.05, 0) is 63.8 Å². The maximum absolute atomic E-state index is 12.7. The summed E-state index contributed by atoms with van der Waals surface area (Å²) in [4.78, 5) is 24.6. The summed E-state index contributed by atoms with van der Waals surface area (Å²) < 4.78 is 10.8. The zero-order valence-electron chi connectivity index (χ0n) is 19.4. The van der Waals surface area contributed by atoms with E-state index in [-0.39, 0.29) is 24.3 Å². The van der Waals surface area contributed by atoms with Gasteiger partial charge in [-0.1, -0.05) is 36.8 Å². The lowest BCUT2D eigenvalue weighted by molar-refractivity contribution is -0.141. The molecule has 0 aromatic heterocycles. The van der Waals surface area contributed by atoms with Crippen LogP contribution in [0.15, 0.2) is 42.5 Å². The van der Waals surface area contributed by atoms with Crippen LogP contribution in [0.2, 0.25) is 0 Å². The minimum atomic E-state index is -0.593. The fourth-order valence-electron chi connectivity index (χ4n) is 3.59. The predicted molar refractivity (Wildman–Crippen MR) is 125 cm³/mol. The second-order valence-corrected chi connectivity index (χ2v) is 8.08. The number of hydrogen-bond acceptors (Lipinski definition) is 4. The Morgan fingerprint density at radius 1 is 1.03 bits per heavy atom. The smallest absolute Gasteiger partial charge is 0.323 e. The maximum Gasteiger partial charge on any atom is 0.323 e. The number of nitrogens with one attached hydrogen (secondary N) is 2. The molecule has 2 aromatic rings. The minimum absolute atomic E-state index is 0.00239. The van der Waals surface area contributed by atoms with Gasteiger partial charge in [0.15, 0.2) is 0 Å². The third-order valence-electron chi connectivity index (χ3n) is 5.36. The molecular weight excluding hydrogens is 392 g/mol. The molecule has 2 amide bonds. The van der Waals surface area contributed by atoms with E-state index < -0.39 is 5.60 Å². The van der Waals surface area contributed by atoms with Crippen molar-refractivity contribution in [2.75, 3.05) is 24.4 Å². The van der Waals surface area contributed by atoms with Crippen molar-refractivity contribution >= 4 is 23.4 Å². The van der Waals surface area contributed by atoms with Crippen LogP contribution >= 0.6 is 0 Å². The molecule has 0 aliphatic rings. The van der Waals surface area contributed by atoms with Crippen LogP contribution in [0.3, 0.4) is 0 Å². The largest absolute Gasteiger partial charge is 0.469 e. The highest BCUT2D eigenvalue weighted by Crippen LogP contribution is 2.35. The van der Waals surface area contributed by atoms with Crippen LogP contribution in [0.25, 0.3) is 0 Å². The number of ether oxygens (including phenoxy) is 2. The Labute approximate surface area is 185 Å². The summed E-state index contributed by atoms with van der Waals surface area (Å²) in [6.07, 6.45) is 1.06. The highest BCUT2D eigenvalue weighted by Gasteiger charge is 2.26. The van der Waals surface area contributed by atoms with E-state index in [0.717, 1.165) is 23.1 Å². The molecule has 2 N–H and O–H groups in total. The van der Waals surface area contributed by atoms with Crippen LogP contribution < -0.4 is 10.6 Å². The molecule has 0 bridgehead atoms. The van der Waals surface area contributed by atoms with Gasteiger partial charge in [0.1, 0.15) is 0 Å². The summed E-state index contributed by atoms with van der Waals surface area (Å²) in [6, 6.07) is 13.2. The van der Waals surface area contributed by atoms with Gasteiger partial charge in [0.05, 0.1) is 19.1 Å². The Bertz CT molecular complexity index is 891. The van der Waals surface area contributed by atoms with Crippen LogP contribution in [-0.2, 0) is 19.9 Å². The van der Waals surface area contributed by atoms with Gasteiger partial charge in [-0.2, -0.15) is 0 Å². The van der Waals surface area contributed by atoms with Crippen LogP contribution in [0.1, 0.15) is 63.1 Å². The fraction of sp³-hybridized carbons (Fsp3) is 0.440. The van der Waals surface area contributed by atoms with E-state index in [1.165, 1.54) is 7.11 Å². The first-order valence-electron chi connectivity index (χ1n) is 10.7. The molecule has 0 radical (unpaired) electrons. The number of rotatable bonds is 9. The van der Waals surface area contributed by atoms with Gasteiger partial charge in [0.25, 0.3) is 0 Å². The standard InChI is InChI=1S/C25H34N2O4/c1-7-18(16-23(28)30-6)19-11-14-21(25(4,5)31-8-2)22(15-19)27-24(29)26-20-12-9-17(3)10-13-20/h9-15,18H,7-8,16H2,1-6H3,(H2,26,27,29). The number of aryl methyl sites for hydroxylation is 1. The van der Waals surface area contributed by atoms with Gasteiger partial charge in [-0.15, -0.1) is 0 Å². The number of hydrogen-bond donors (Lipinski definition) is 2. The van der Waals surface area contributed by atoms with Gasteiger partial charge >= 0.3 is 12.0 Å². The molecule has 1 atom stereocenters. The topological polar surface area (TPSA) is 76.7 Å². The molecule has 0 fully saturated rings. The molecule has 0 heterocycles. The highest BCUT2D eigenvalue weighted by molar-refractivity contribution is 6.00. The molecule has 2 aromatic carbocycles. The molecule has 0 aliphatic heterocycles. The third-order valence-corrected chi connectivity index (χ3v) is 5.36. The molecule has 0 saturated heterocycles. The molecule has 2 rings (SSSR count). The van der Waals surface area contributed by atoms with Crippen molar-refractivity contribution in [3.63, 3.8) is 0 Å². The average Bonchev–Trinajstić information content (AvgIpc) is 2.73. The Balaban J connectivity index is 2.35. The zero-order valence-corrected chi connectivity index (χ0v) is 19.4. The lowest BCUT2D eigenvalue weighted by Crippen LogP contribution is -2.26. The van der Waals surface area contributed by atoms with E-state index in [1.807, 2.05) is 77.1 Å². The number of methoxy groups -OCH3 is 1. The predicted octanol–water partition coefficient (Wildman–Crippen LogP) is 5.97. The number of amides is 2. The summed E-state index contributed by atoms with van der Waals surface area (Å²) in [7, 11) is 1.39. The zero-order chi connectivity index (χ0) is 23.0. The molecule has 6 heteroatoms. The first kappa shape index (κ1) is 24.4. The molecule has 168 valence electrons. The highest BCUT2D eigenvalue weighted by atomic mass is 16.5. The Morgan fingerprint density at radius 2 is 1.71 bits per heavy atom. The normalized spacial score (nSPS) is 12.2. The van der Waals surface area contributed by atoms with Gasteiger partial charge in [0.2, 0.25) is 0 Å². The number of anilines is 2. The van der Waals surface area contributed by atoms with Crippen molar-refractivity contribution in [1.29, 1.82) is 0 Å². The quantitative estimate of drug-likeness (QED) is 0.485. The first-order valence-corrected chi connectivity index (χ1v) is 10.7. The van der Waals surface area contributed by atoms with Crippen LogP contribution in [0, 0.1) is 6.92 Å². The molecule has 0 saturated carbocycles. The molecule has 31 heavy (non-hydrogen) atoms. The van der Waals surface area contributed by atoms with Crippen molar-refractivity contribution in [1.82, 2.24) is 0 Å². The van der Waals surface area contributed by atoms with Crippen molar-refractivity contribution in [2.45, 2.75) is 59.0 Å². The number of carbonyl (C=O) groups excluding carboxylic acids is 2. The van der Waals surface area contributed by atoms with Gasteiger partial charge in [0, 0.05) is 23.5 Å². The Kier molecular flexibility index (Phi) is 8.63.